The van der Waals surface area contributed by atoms with Gasteiger partial charge in [-0.25, -0.2) is 0 Å². The number of carbonyl (C=O) groups excluding carboxylic acids is 1. The van der Waals surface area contributed by atoms with Gasteiger partial charge in [-0.1, -0.05) is 34.6 Å². The summed E-state index contributed by atoms with van der Waals surface area (Å²) >= 11 is 0. The van der Waals surface area contributed by atoms with Crippen molar-refractivity contribution in [3.8, 4) is 0 Å². The largest absolute Gasteiger partial charge is 0.465 e. The Kier molecular flexibility index (Phi) is 9.02. The Hall–Kier alpha value is -0.610. The minimum Gasteiger partial charge on any atom is -0.465 e. The predicted molar refractivity (Wildman–Crippen MR) is 75.6 cm³/mol. The number of ether oxygens (including phenoxy) is 1. The number of esters is 1. The zero-order valence-corrected chi connectivity index (χ0v) is 12.8. The maximum atomic E-state index is 11.9. The van der Waals surface area contributed by atoms with E-state index in [-0.39, 0.29) is 18.1 Å². The molecule has 0 amide bonds. The molecule has 0 spiro atoms. The van der Waals surface area contributed by atoms with Crippen molar-refractivity contribution in [2.24, 2.45) is 5.92 Å². The molecule has 0 aromatic rings. The second-order valence-corrected chi connectivity index (χ2v) is 5.37. The van der Waals surface area contributed by atoms with E-state index >= 15 is 0 Å². The van der Waals surface area contributed by atoms with Crippen molar-refractivity contribution in [1.29, 1.82) is 0 Å². The first-order chi connectivity index (χ1) is 8.40. The predicted octanol–water partition coefficient (Wildman–Crippen LogP) is 1.89. The zero-order valence-electron chi connectivity index (χ0n) is 12.8. The first-order valence-corrected chi connectivity index (χ1v) is 7.05. The normalized spacial score (nSPS) is 13.4. The van der Waals surface area contributed by atoms with Gasteiger partial charge in [-0.05, 0) is 19.4 Å². The summed E-state index contributed by atoms with van der Waals surface area (Å²) in [5.41, 5.74) is 0. The molecule has 1 unspecified atom stereocenters. The van der Waals surface area contributed by atoms with Crippen LogP contribution >= 0.6 is 0 Å². The highest BCUT2D eigenvalue weighted by molar-refractivity contribution is 5.76. The van der Waals surface area contributed by atoms with Gasteiger partial charge in [0.2, 0.25) is 0 Å². The lowest BCUT2D eigenvalue weighted by Gasteiger charge is -2.28. The van der Waals surface area contributed by atoms with Gasteiger partial charge >= 0.3 is 5.97 Å². The third-order valence-corrected chi connectivity index (χ3v) is 2.62. The molecule has 0 bridgehead atoms. The van der Waals surface area contributed by atoms with E-state index in [1.807, 2.05) is 20.8 Å². The van der Waals surface area contributed by atoms with Gasteiger partial charge < -0.3 is 15.0 Å². The molecule has 0 radical (unpaired) electrons. The summed E-state index contributed by atoms with van der Waals surface area (Å²) in [5.74, 6) is 0.459. The van der Waals surface area contributed by atoms with Gasteiger partial charge in [0.25, 0.3) is 0 Å². The standard InChI is InChI=1S/C14H30N2O2/c1-7-16(9-11(3)4)10-13(15-12(5)6)14(17)18-8-2/h11-13,15H,7-10H2,1-6H3. The van der Waals surface area contributed by atoms with Gasteiger partial charge in [0, 0.05) is 19.1 Å². The zero-order chi connectivity index (χ0) is 14.1. The smallest absolute Gasteiger partial charge is 0.324 e. The van der Waals surface area contributed by atoms with Crippen molar-refractivity contribution >= 4 is 5.97 Å². The molecule has 0 fully saturated rings. The molecule has 4 nitrogen and oxygen atoms in total. The fourth-order valence-corrected chi connectivity index (χ4v) is 1.95. The Labute approximate surface area is 112 Å². The molecule has 0 saturated heterocycles. The first-order valence-electron chi connectivity index (χ1n) is 7.05. The van der Waals surface area contributed by atoms with E-state index in [0.29, 0.717) is 19.1 Å². The highest BCUT2D eigenvalue weighted by Crippen LogP contribution is 2.02. The Morgan fingerprint density at radius 1 is 1.17 bits per heavy atom. The molecule has 0 aliphatic heterocycles. The molecular weight excluding hydrogens is 228 g/mol. The third-order valence-electron chi connectivity index (χ3n) is 2.62. The Balaban J connectivity index is 4.49. The summed E-state index contributed by atoms with van der Waals surface area (Å²) in [7, 11) is 0. The van der Waals surface area contributed by atoms with E-state index in [2.05, 4.69) is 31.0 Å². The maximum Gasteiger partial charge on any atom is 0.324 e. The molecule has 1 atom stereocenters. The number of hydrogen-bond donors (Lipinski definition) is 1. The maximum absolute atomic E-state index is 11.9. The van der Waals surface area contributed by atoms with Gasteiger partial charge in [0.05, 0.1) is 6.61 Å². The van der Waals surface area contributed by atoms with Crippen LogP contribution in [0.1, 0.15) is 41.5 Å². The SMILES string of the molecule is CCOC(=O)C(CN(CC)CC(C)C)NC(C)C. The van der Waals surface area contributed by atoms with Crippen LogP contribution in [0.2, 0.25) is 0 Å². The van der Waals surface area contributed by atoms with Crippen molar-refractivity contribution in [1.82, 2.24) is 10.2 Å². The van der Waals surface area contributed by atoms with Gasteiger partial charge in [-0.3, -0.25) is 4.79 Å². The lowest BCUT2D eigenvalue weighted by Crippen LogP contribution is -2.50. The molecule has 0 aliphatic rings. The molecule has 1 N–H and O–H groups in total. The number of rotatable bonds is 9. The summed E-state index contributed by atoms with van der Waals surface area (Å²) in [6.45, 7) is 15.6. The minimum atomic E-state index is -0.233. The van der Waals surface area contributed by atoms with Crippen LogP contribution in [0.4, 0.5) is 0 Å². The van der Waals surface area contributed by atoms with Gasteiger partial charge in [0.1, 0.15) is 6.04 Å². The number of nitrogens with one attached hydrogen (secondary N) is 1. The first kappa shape index (κ1) is 17.4. The molecule has 108 valence electrons. The molecule has 0 aliphatic carbocycles. The van der Waals surface area contributed by atoms with Gasteiger partial charge in [-0.2, -0.15) is 0 Å². The van der Waals surface area contributed by atoms with Crippen molar-refractivity contribution in [3.05, 3.63) is 0 Å². The summed E-state index contributed by atoms with van der Waals surface area (Å²) < 4.78 is 5.13. The fourth-order valence-electron chi connectivity index (χ4n) is 1.95. The molecule has 0 aromatic heterocycles. The summed E-state index contributed by atoms with van der Waals surface area (Å²) in [6.07, 6.45) is 0. The minimum absolute atomic E-state index is 0.145. The molecular formula is C14H30N2O2. The van der Waals surface area contributed by atoms with Crippen molar-refractivity contribution in [2.45, 2.75) is 53.6 Å². The quantitative estimate of drug-likeness (QED) is 0.641. The molecule has 0 saturated carbocycles. The van der Waals surface area contributed by atoms with Crippen LogP contribution in [0.3, 0.4) is 0 Å². The van der Waals surface area contributed by atoms with Crippen LogP contribution in [-0.2, 0) is 9.53 Å². The molecule has 4 heteroatoms. The van der Waals surface area contributed by atoms with Crippen molar-refractivity contribution in [3.63, 3.8) is 0 Å². The van der Waals surface area contributed by atoms with Crippen LogP contribution in [0.15, 0.2) is 0 Å². The van der Waals surface area contributed by atoms with Gasteiger partial charge in [-0.15, -0.1) is 0 Å². The van der Waals surface area contributed by atoms with E-state index in [0.717, 1.165) is 13.1 Å². The summed E-state index contributed by atoms with van der Waals surface area (Å²) in [4.78, 5) is 14.2. The van der Waals surface area contributed by atoms with E-state index < -0.39 is 0 Å². The highest BCUT2D eigenvalue weighted by atomic mass is 16.5. The second kappa shape index (κ2) is 9.34. The van der Waals surface area contributed by atoms with E-state index in [4.69, 9.17) is 4.74 Å². The fraction of sp³-hybridized carbons (Fsp3) is 0.929. The number of likely N-dealkylation sites (N-methyl/N-ethyl adjacent to an activating group) is 1. The molecule has 0 heterocycles. The highest BCUT2D eigenvalue weighted by Gasteiger charge is 2.23. The summed E-state index contributed by atoms with van der Waals surface area (Å²) in [6, 6.07) is 0.0424. The average Bonchev–Trinajstić information content (AvgIpc) is 2.26. The van der Waals surface area contributed by atoms with Gasteiger partial charge in [0.15, 0.2) is 0 Å². The van der Waals surface area contributed by atoms with E-state index in [1.54, 1.807) is 0 Å². The average molecular weight is 258 g/mol. The van der Waals surface area contributed by atoms with Crippen LogP contribution in [0.25, 0.3) is 0 Å². The monoisotopic (exact) mass is 258 g/mol. The molecule has 0 aromatic carbocycles. The second-order valence-electron chi connectivity index (χ2n) is 5.37. The number of carbonyl (C=O) groups is 1. The lowest BCUT2D eigenvalue weighted by molar-refractivity contribution is -0.146. The molecule has 18 heavy (non-hydrogen) atoms. The van der Waals surface area contributed by atoms with Crippen molar-refractivity contribution < 1.29 is 9.53 Å². The number of nitrogens with zero attached hydrogens (tertiary/aromatic N) is 1. The van der Waals surface area contributed by atoms with Crippen LogP contribution < -0.4 is 5.32 Å². The van der Waals surface area contributed by atoms with E-state index in [9.17, 15) is 4.79 Å². The van der Waals surface area contributed by atoms with Crippen LogP contribution in [0, 0.1) is 5.92 Å². The Bertz CT molecular complexity index is 230. The van der Waals surface area contributed by atoms with Crippen molar-refractivity contribution in [2.75, 3.05) is 26.2 Å². The Morgan fingerprint density at radius 2 is 1.78 bits per heavy atom. The molecule has 0 rings (SSSR count). The van der Waals surface area contributed by atoms with Crippen LogP contribution in [-0.4, -0.2) is 49.2 Å². The topological polar surface area (TPSA) is 41.6 Å². The number of hydrogen-bond acceptors (Lipinski definition) is 4. The van der Waals surface area contributed by atoms with E-state index in [1.165, 1.54) is 0 Å². The van der Waals surface area contributed by atoms with Crippen LogP contribution in [0.5, 0.6) is 0 Å². The third kappa shape index (κ3) is 7.67. The summed E-state index contributed by atoms with van der Waals surface area (Å²) in [5, 5.41) is 3.29. The Morgan fingerprint density at radius 3 is 2.17 bits per heavy atom. The lowest BCUT2D eigenvalue weighted by atomic mass is 10.1.